The van der Waals surface area contributed by atoms with Crippen molar-refractivity contribution in [3.63, 3.8) is 0 Å². The number of amides is 5. The summed E-state index contributed by atoms with van der Waals surface area (Å²) in [5, 5.41) is 36.4. The first kappa shape index (κ1) is 23.0. The lowest BCUT2D eigenvalue weighted by Gasteiger charge is -2.25. The average Bonchev–Trinajstić information content (AvgIpc) is 2.31. The molecule has 13 N–H and O–H groups in total. The van der Waals surface area contributed by atoms with Gasteiger partial charge in [-0.15, -0.1) is 0 Å². The number of urea groups is 2. The Morgan fingerprint density at radius 2 is 1.05 bits per heavy atom. The van der Waals surface area contributed by atoms with E-state index < -0.39 is 49.9 Å². The maximum atomic E-state index is 11.0. The summed E-state index contributed by atoms with van der Waals surface area (Å²) in [6.45, 7) is -2.62. The van der Waals surface area contributed by atoms with Crippen molar-refractivity contribution in [3.8, 4) is 0 Å². The van der Waals surface area contributed by atoms with Crippen LogP contribution in [0.2, 0.25) is 0 Å². The normalized spacial score (nSPS) is 9.20. The number of nitrogens with two attached hydrogens (primary N) is 4. The fourth-order valence-corrected chi connectivity index (χ4v) is 0.625. The Hall–Kier alpha value is -2.15. The van der Waals surface area contributed by atoms with Crippen molar-refractivity contribution >= 4 is 18.0 Å². The van der Waals surface area contributed by atoms with Gasteiger partial charge in [0.2, 0.25) is 5.91 Å². The van der Waals surface area contributed by atoms with Crippen LogP contribution in [0.1, 0.15) is 0 Å². The smallest absolute Gasteiger partial charge is 0.309 e. The number of aliphatic hydroxyl groups excluding tert-OH is 4. The van der Waals surface area contributed by atoms with E-state index in [1.807, 2.05) is 5.32 Å². The van der Waals surface area contributed by atoms with Crippen molar-refractivity contribution in [1.29, 1.82) is 0 Å². The second-order valence-corrected chi connectivity index (χ2v) is 3.22. The molecule has 0 aliphatic heterocycles. The second-order valence-electron chi connectivity index (χ2n) is 3.22. The third-order valence-corrected chi connectivity index (χ3v) is 1.63. The van der Waals surface area contributed by atoms with E-state index in [1.165, 1.54) is 0 Å². The number of rotatable bonds is 5. The van der Waals surface area contributed by atoms with E-state index in [0.717, 1.165) is 0 Å². The van der Waals surface area contributed by atoms with Crippen molar-refractivity contribution in [2.24, 2.45) is 28.3 Å². The lowest BCUT2D eigenvalue weighted by atomic mass is 9.90. The van der Waals surface area contributed by atoms with E-state index in [0.29, 0.717) is 0 Å². The molecule has 0 saturated carbocycles. The maximum absolute atomic E-state index is 11.0. The molecule has 0 aromatic heterocycles. The second kappa shape index (κ2) is 13.3. The summed E-state index contributed by atoms with van der Waals surface area (Å²) in [5.41, 5.74) is 15.4. The van der Waals surface area contributed by atoms with Crippen LogP contribution in [0.4, 0.5) is 9.59 Å². The molecule has 0 rings (SSSR count). The predicted octanol–water partition coefficient (Wildman–Crippen LogP) is -4.94. The SMILES string of the molecule is NC(N)=O.NC(N)=O.O=C(NCO)C(CO)(CO)CO. The van der Waals surface area contributed by atoms with Crippen LogP contribution in [0.15, 0.2) is 0 Å². The van der Waals surface area contributed by atoms with E-state index in [1.54, 1.807) is 0 Å². The number of nitrogens with one attached hydrogen (secondary N) is 1. The molecule has 0 aliphatic rings. The Morgan fingerprint density at radius 1 is 0.800 bits per heavy atom. The molecular formula is C8H21N5O7. The van der Waals surface area contributed by atoms with Crippen LogP contribution in [0, 0.1) is 5.41 Å². The molecule has 0 unspecified atom stereocenters. The van der Waals surface area contributed by atoms with Crippen LogP contribution in [0.3, 0.4) is 0 Å². The molecule has 120 valence electrons. The quantitative estimate of drug-likeness (QED) is 0.223. The highest BCUT2D eigenvalue weighted by atomic mass is 16.3. The number of carbonyl (C=O) groups excluding carboxylic acids is 3. The minimum atomic E-state index is -1.61. The van der Waals surface area contributed by atoms with Crippen molar-refractivity contribution in [3.05, 3.63) is 0 Å². The Morgan fingerprint density at radius 3 is 1.20 bits per heavy atom. The van der Waals surface area contributed by atoms with Crippen LogP contribution in [0.25, 0.3) is 0 Å². The largest absolute Gasteiger partial charge is 0.395 e. The molecule has 0 radical (unpaired) electrons. The first-order valence-electron chi connectivity index (χ1n) is 4.95. The van der Waals surface area contributed by atoms with Gasteiger partial charge in [0.15, 0.2) is 0 Å². The summed E-state index contributed by atoms with van der Waals surface area (Å²) in [7, 11) is 0. The van der Waals surface area contributed by atoms with Gasteiger partial charge in [-0.1, -0.05) is 0 Å². The summed E-state index contributed by atoms with van der Waals surface area (Å²) in [5.74, 6) is -0.780. The highest BCUT2D eigenvalue weighted by Crippen LogP contribution is 2.14. The summed E-state index contributed by atoms with van der Waals surface area (Å²) >= 11 is 0. The highest BCUT2D eigenvalue weighted by molar-refractivity contribution is 5.82. The summed E-state index contributed by atoms with van der Waals surface area (Å²) in [6.07, 6.45) is 0. The molecule has 0 bridgehead atoms. The number of hydrogen-bond acceptors (Lipinski definition) is 7. The molecule has 0 heterocycles. The summed E-state index contributed by atoms with van der Waals surface area (Å²) in [6, 6.07) is -1.67. The van der Waals surface area contributed by atoms with E-state index in [9.17, 15) is 4.79 Å². The van der Waals surface area contributed by atoms with Crippen LogP contribution >= 0.6 is 0 Å². The molecule has 0 saturated heterocycles. The van der Waals surface area contributed by atoms with Crippen LogP contribution < -0.4 is 28.3 Å². The van der Waals surface area contributed by atoms with Gasteiger partial charge in [0, 0.05) is 0 Å². The maximum Gasteiger partial charge on any atom is 0.309 e. The van der Waals surface area contributed by atoms with Crippen molar-refractivity contribution in [2.45, 2.75) is 0 Å². The van der Waals surface area contributed by atoms with Gasteiger partial charge in [0.05, 0.1) is 19.8 Å². The molecule has 12 nitrogen and oxygen atoms in total. The van der Waals surface area contributed by atoms with Crippen LogP contribution in [-0.4, -0.2) is 64.9 Å². The van der Waals surface area contributed by atoms with Gasteiger partial charge in [-0.2, -0.15) is 0 Å². The first-order chi connectivity index (χ1) is 9.13. The Kier molecular flexibility index (Phi) is 15.3. The van der Waals surface area contributed by atoms with E-state index >= 15 is 0 Å². The van der Waals surface area contributed by atoms with Gasteiger partial charge < -0.3 is 48.7 Å². The topological polar surface area (TPSA) is 248 Å². The summed E-state index contributed by atoms with van der Waals surface area (Å²) < 4.78 is 0. The molecule has 0 spiro atoms. The van der Waals surface area contributed by atoms with Crippen molar-refractivity contribution in [2.75, 3.05) is 26.6 Å². The zero-order valence-electron chi connectivity index (χ0n) is 10.7. The molecule has 0 aromatic carbocycles. The summed E-state index contributed by atoms with van der Waals surface area (Å²) in [4.78, 5) is 29.0. The fraction of sp³-hybridized carbons (Fsp3) is 0.625. The van der Waals surface area contributed by atoms with Gasteiger partial charge in [-0.05, 0) is 0 Å². The van der Waals surface area contributed by atoms with Crippen LogP contribution in [-0.2, 0) is 4.79 Å². The van der Waals surface area contributed by atoms with Gasteiger partial charge in [0.1, 0.15) is 12.1 Å². The molecule has 0 aliphatic carbocycles. The van der Waals surface area contributed by atoms with Crippen molar-refractivity contribution < 1.29 is 34.8 Å². The van der Waals surface area contributed by atoms with Gasteiger partial charge >= 0.3 is 12.1 Å². The molecule has 0 aromatic rings. The van der Waals surface area contributed by atoms with E-state index in [-0.39, 0.29) is 0 Å². The molecule has 0 fully saturated rings. The average molecular weight is 299 g/mol. The minimum Gasteiger partial charge on any atom is -0.395 e. The predicted molar refractivity (Wildman–Crippen MR) is 66.5 cm³/mol. The number of primary amides is 4. The number of hydrogen-bond donors (Lipinski definition) is 9. The molecule has 20 heavy (non-hydrogen) atoms. The van der Waals surface area contributed by atoms with E-state index in [4.69, 9.17) is 30.0 Å². The molecular weight excluding hydrogens is 278 g/mol. The highest BCUT2D eigenvalue weighted by Gasteiger charge is 2.36. The monoisotopic (exact) mass is 299 g/mol. The van der Waals surface area contributed by atoms with Gasteiger partial charge in [-0.3, -0.25) is 4.79 Å². The number of carbonyl (C=O) groups is 3. The molecule has 5 amide bonds. The van der Waals surface area contributed by atoms with Crippen molar-refractivity contribution in [1.82, 2.24) is 5.32 Å². The lowest BCUT2D eigenvalue weighted by Crippen LogP contribution is -2.49. The molecule has 12 heteroatoms. The third-order valence-electron chi connectivity index (χ3n) is 1.63. The Bertz CT molecular complexity index is 267. The van der Waals surface area contributed by atoms with Crippen LogP contribution in [0.5, 0.6) is 0 Å². The first-order valence-corrected chi connectivity index (χ1v) is 4.95. The number of aliphatic hydroxyl groups is 4. The zero-order chi connectivity index (χ0) is 16.8. The fourth-order valence-electron chi connectivity index (χ4n) is 0.625. The van der Waals surface area contributed by atoms with Gasteiger partial charge in [-0.25, -0.2) is 9.59 Å². The minimum absolute atomic E-state index is 0.597. The standard InChI is InChI=1S/C6H13NO5.2CH4N2O/c8-1-6(2-9,3-10)5(12)7-4-11;2*2-1(3)4/h8-11H,1-4H2,(H,7,12);2*(H4,2,3,4). The Labute approximate surface area is 114 Å². The molecule has 0 atom stereocenters. The zero-order valence-corrected chi connectivity index (χ0v) is 10.7. The lowest BCUT2D eigenvalue weighted by molar-refractivity contribution is -0.140. The van der Waals surface area contributed by atoms with Gasteiger partial charge in [0.25, 0.3) is 0 Å². The van der Waals surface area contributed by atoms with E-state index in [2.05, 4.69) is 22.9 Å². The third kappa shape index (κ3) is 13.9. The Balaban J connectivity index is -0.000000297.